The van der Waals surface area contributed by atoms with Crippen LogP contribution in [0.15, 0.2) is 67.0 Å². The van der Waals surface area contributed by atoms with E-state index in [4.69, 9.17) is 16.3 Å². The zero-order chi connectivity index (χ0) is 21.5. The molecule has 2 aromatic carbocycles. The number of carbonyl (C=O) groups excluding carboxylic acids is 1. The topological polar surface area (TPSA) is 47.4 Å². The van der Waals surface area contributed by atoms with E-state index < -0.39 is 0 Å². The van der Waals surface area contributed by atoms with Gasteiger partial charge in [-0.2, -0.15) is 0 Å². The molecule has 1 saturated heterocycles. The van der Waals surface area contributed by atoms with Crippen LogP contribution in [0.5, 0.6) is 0 Å². The van der Waals surface area contributed by atoms with E-state index in [0.29, 0.717) is 26.1 Å². The lowest BCUT2D eigenvalue weighted by atomic mass is 10.1. The smallest absolute Gasteiger partial charge is 0.223 e. The van der Waals surface area contributed by atoms with E-state index >= 15 is 0 Å². The predicted octanol–water partition coefficient (Wildman–Crippen LogP) is 4.73. The molecule has 1 aliphatic rings. The van der Waals surface area contributed by atoms with Gasteiger partial charge in [-0.3, -0.25) is 4.79 Å². The fourth-order valence-corrected chi connectivity index (χ4v) is 4.15. The molecule has 6 heteroatoms. The number of amides is 1. The number of rotatable bonds is 9. The first-order valence-corrected chi connectivity index (χ1v) is 11.2. The Morgan fingerprint density at radius 1 is 1.16 bits per heavy atom. The number of aromatic nitrogens is 2. The lowest BCUT2D eigenvalue weighted by Crippen LogP contribution is -2.37. The largest absolute Gasteiger partial charge is 0.376 e. The van der Waals surface area contributed by atoms with Gasteiger partial charge < -0.3 is 14.2 Å². The minimum Gasteiger partial charge on any atom is -0.376 e. The summed E-state index contributed by atoms with van der Waals surface area (Å²) in [6, 6.07) is 18.0. The third-order valence-electron chi connectivity index (χ3n) is 5.70. The maximum absolute atomic E-state index is 13.2. The molecular formula is C25H28ClN3O2. The van der Waals surface area contributed by atoms with Crippen molar-refractivity contribution in [2.45, 2.75) is 44.9 Å². The molecule has 0 spiro atoms. The zero-order valence-corrected chi connectivity index (χ0v) is 18.4. The molecule has 1 aromatic heterocycles. The van der Waals surface area contributed by atoms with E-state index in [2.05, 4.69) is 21.7 Å². The Morgan fingerprint density at radius 3 is 2.74 bits per heavy atom. The van der Waals surface area contributed by atoms with Crippen LogP contribution in [0.3, 0.4) is 0 Å². The number of ether oxygens (including phenoxy) is 1. The van der Waals surface area contributed by atoms with Crippen LogP contribution in [-0.4, -0.2) is 39.6 Å². The molecule has 2 heterocycles. The maximum atomic E-state index is 13.2. The zero-order valence-electron chi connectivity index (χ0n) is 17.6. The Kier molecular flexibility index (Phi) is 7.39. The molecule has 1 aliphatic heterocycles. The Morgan fingerprint density at radius 2 is 1.97 bits per heavy atom. The first-order valence-electron chi connectivity index (χ1n) is 10.9. The second-order valence-electron chi connectivity index (χ2n) is 7.96. The molecule has 31 heavy (non-hydrogen) atoms. The van der Waals surface area contributed by atoms with Crippen LogP contribution in [0.2, 0.25) is 5.02 Å². The highest BCUT2D eigenvalue weighted by molar-refractivity contribution is 6.31. The number of hydrogen-bond donors (Lipinski definition) is 0. The summed E-state index contributed by atoms with van der Waals surface area (Å²) in [4.78, 5) is 19.6. The number of nitrogens with zero attached hydrogens (tertiary/aromatic N) is 3. The summed E-state index contributed by atoms with van der Waals surface area (Å²) in [5, 5.41) is 0.734. The van der Waals surface area contributed by atoms with Crippen molar-refractivity contribution in [2.75, 3.05) is 13.2 Å². The van der Waals surface area contributed by atoms with Gasteiger partial charge in [-0.25, -0.2) is 4.98 Å². The molecule has 1 fully saturated rings. The molecule has 1 amide bonds. The van der Waals surface area contributed by atoms with Gasteiger partial charge >= 0.3 is 0 Å². The fourth-order valence-electron chi connectivity index (χ4n) is 3.96. The summed E-state index contributed by atoms with van der Waals surface area (Å²) < 4.78 is 7.88. The summed E-state index contributed by atoms with van der Waals surface area (Å²) in [6.45, 7) is 2.47. The van der Waals surface area contributed by atoms with E-state index in [9.17, 15) is 4.79 Å². The van der Waals surface area contributed by atoms with Crippen molar-refractivity contribution in [3.8, 4) is 0 Å². The summed E-state index contributed by atoms with van der Waals surface area (Å²) in [6.07, 6.45) is 7.08. The van der Waals surface area contributed by atoms with E-state index in [1.807, 2.05) is 53.6 Å². The molecule has 3 aromatic rings. The quantitative estimate of drug-likeness (QED) is 0.486. The van der Waals surface area contributed by atoms with Gasteiger partial charge in [0.05, 0.1) is 19.2 Å². The van der Waals surface area contributed by atoms with E-state index in [1.54, 1.807) is 6.20 Å². The monoisotopic (exact) mass is 437 g/mol. The minimum atomic E-state index is 0.104. The molecule has 0 bridgehead atoms. The second-order valence-corrected chi connectivity index (χ2v) is 8.36. The van der Waals surface area contributed by atoms with Crippen molar-refractivity contribution in [1.82, 2.24) is 14.5 Å². The van der Waals surface area contributed by atoms with Crippen molar-refractivity contribution in [2.24, 2.45) is 0 Å². The second kappa shape index (κ2) is 10.6. The third-order valence-corrected chi connectivity index (χ3v) is 6.07. The standard InChI is InChI=1S/C25H28ClN3O2/c26-23-11-5-4-9-21(23)17-28-15-14-27-24(28)19-29(18-22-10-6-16-31-22)25(30)13-12-20-7-2-1-3-8-20/h1-5,7-9,11,14-15,22H,6,10,12-13,16-19H2. The highest BCUT2D eigenvalue weighted by Crippen LogP contribution is 2.19. The summed E-state index contributed by atoms with van der Waals surface area (Å²) in [5.74, 6) is 0.984. The molecule has 0 aliphatic carbocycles. The molecular weight excluding hydrogens is 410 g/mol. The fraction of sp³-hybridized carbons (Fsp3) is 0.360. The van der Waals surface area contributed by atoms with Gasteiger partial charge in [-0.15, -0.1) is 0 Å². The SMILES string of the molecule is O=C(CCc1ccccc1)N(Cc1nccn1Cc1ccccc1Cl)CC1CCCO1. The van der Waals surface area contributed by atoms with Crippen LogP contribution in [0.4, 0.5) is 0 Å². The molecule has 162 valence electrons. The van der Waals surface area contributed by atoms with Crippen LogP contribution in [0.25, 0.3) is 0 Å². The Balaban J connectivity index is 1.46. The maximum Gasteiger partial charge on any atom is 0.223 e. The Labute approximate surface area is 188 Å². The predicted molar refractivity (Wildman–Crippen MR) is 122 cm³/mol. The van der Waals surface area contributed by atoms with Crippen LogP contribution in [0, 0.1) is 0 Å². The number of aryl methyl sites for hydroxylation is 1. The van der Waals surface area contributed by atoms with Crippen LogP contribution in [0.1, 0.15) is 36.2 Å². The molecule has 1 unspecified atom stereocenters. The van der Waals surface area contributed by atoms with Crippen LogP contribution < -0.4 is 0 Å². The van der Waals surface area contributed by atoms with Gasteiger partial charge in [-0.05, 0) is 36.5 Å². The lowest BCUT2D eigenvalue weighted by Gasteiger charge is -2.26. The number of halogens is 1. The Bertz CT molecular complexity index is 983. The van der Waals surface area contributed by atoms with Gasteiger partial charge in [0.1, 0.15) is 5.82 Å². The lowest BCUT2D eigenvalue weighted by molar-refractivity contribution is -0.133. The number of hydrogen-bond acceptors (Lipinski definition) is 3. The number of carbonyl (C=O) groups is 1. The van der Waals surface area contributed by atoms with Crippen molar-refractivity contribution in [3.63, 3.8) is 0 Å². The van der Waals surface area contributed by atoms with Crippen molar-refractivity contribution in [3.05, 3.63) is 89.0 Å². The molecule has 0 N–H and O–H groups in total. The van der Waals surface area contributed by atoms with Gasteiger partial charge in [-0.1, -0.05) is 60.1 Å². The highest BCUT2D eigenvalue weighted by atomic mass is 35.5. The van der Waals surface area contributed by atoms with Gasteiger partial charge in [0.15, 0.2) is 0 Å². The number of benzene rings is 2. The first kappa shape index (κ1) is 21.6. The number of imidazole rings is 1. The summed E-state index contributed by atoms with van der Waals surface area (Å²) in [7, 11) is 0. The molecule has 1 atom stereocenters. The van der Waals surface area contributed by atoms with Crippen molar-refractivity contribution >= 4 is 17.5 Å². The molecule has 5 nitrogen and oxygen atoms in total. The van der Waals surface area contributed by atoms with E-state index in [1.165, 1.54) is 5.56 Å². The van der Waals surface area contributed by atoms with Crippen LogP contribution >= 0.6 is 11.6 Å². The summed E-state index contributed by atoms with van der Waals surface area (Å²) in [5.41, 5.74) is 2.21. The van der Waals surface area contributed by atoms with Crippen molar-refractivity contribution in [1.29, 1.82) is 0 Å². The average molecular weight is 438 g/mol. The van der Waals surface area contributed by atoms with Gasteiger partial charge in [0.2, 0.25) is 5.91 Å². The Hall–Kier alpha value is -2.63. The van der Waals surface area contributed by atoms with Gasteiger partial charge in [0, 0.05) is 37.0 Å². The highest BCUT2D eigenvalue weighted by Gasteiger charge is 2.24. The molecule has 0 saturated carbocycles. The van der Waals surface area contributed by atoms with Gasteiger partial charge in [0.25, 0.3) is 0 Å². The van der Waals surface area contributed by atoms with Crippen molar-refractivity contribution < 1.29 is 9.53 Å². The van der Waals surface area contributed by atoms with Crippen LogP contribution in [-0.2, 0) is 29.0 Å². The van der Waals surface area contributed by atoms with E-state index in [0.717, 1.165) is 42.3 Å². The average Bonchev–Trinajstić information content (AvgIpc) is 3.46. The first-order chi connectivity index (χ1) is 15.2. The van der Waals surface area contributed by atoms with E-state index in [-0.39, 0.29) is 12.0 Å². The molecule has 4 rings (SSSR count). The minimum absolute atomic E-state index is 0.104. The third kappa shape index (κ3) is 5.96. The molecule has 0 radical (unpaired) electrons. The summed E-state index contributed by atoms with van der Waals surface area (Å²) >= 11 is 6.35. The normalized spacial score (nSPS) is 15.8.